The van der Waals surface area contributed by atoms with Crippen LogP contribution in [0.25, 0.3) is 0 Å². The van der Waals surface area contributed by atoms with Gasteiger partial charge in [0.2, 0.25) is 0 Å². The third-order valence-corrected chi connectivity index (χ3v) is 3.15. The Hall–Kier alpha value is -0.410. The van der Waals surface area contributed by atoms with Crippen LogP contribution in [0.15, 0.2) is 22.9 Å². The Kier molecular flexibility index (Phi) is 2.96. The summed E-state index contributed by atoms with van der Waals surface area (Å²) >= 11 is 3.53. The van der Waals surface area contributed by atoms with E-state index in [2.05, 4.69) is 32.3 Å². The molecule has 1 aromatic rings. The lowest BCUT2D eigenvalue weighted by molar-refractivity contribution is 0.411. The average Bonchev–Trinajstić information content (AvgIpc) is 2.20. The molecule has 2 rings (SSSR count). The third kappa shape index (κ3) is 2.09. The van der Waals surface area contributed by atoms with Crippen LogP contribution in [0.1, 0.15) is 30.9 Å². The molecule has 2 nitrogen and oxygen atoms in total. The third-order valence-electron chi connectivity index (χ3n) is 2.49. The zero-order valence-corrected chi connectivity index (χ0v) is 9.05. The highest BCUT2D eigenvalue weighted by atomic mass is 79.9. The normalized spacial score (nSPS) is 23.0. The van der Waals surface area contributed by atoms with Crippen molar-refractivity contribution in [3.8, 4) is 0 Å². The van der Waals surface area contributed by atoms with Crippen LogP contribution in [0.4, 0.5) is 0 Å². The number of hydrogen-bond acceptors (Lipinski definition) is 2. The molecule has 1 aliphatic rings. The van der Waals surface area contributed by atoms with E-state index in [0.29, 0.717) is 6.04 Å². The number of rotatable bonds is 1. The summed E-state index contributed by atoms with van der Waals surface area (Å²) in [6.45, 7) is 1.14. The molecule has 1 aromatic heterocycles. The Morgan fingerprint density at radius 1 is 1.46 bits per heavy atom. The molecule has 1 saturated heterocycles. The van der Waals surface area contributed by atoms with Gasteiger partial charge in [-0.05, 0) is 46.9 Å². The number of piperidine rings is 1. The molecule has 1 aliphatic heterocycles. The summed E-state index contributed by atoms with van der Waals surface area (Å²) in [7, 11) is 0. The van der Waals surface area contributed by atoms with Crippen molar-refractivity contribution in [3.63, 3.8) is 0 Å². The van der Waals surface area contributed by atoms with Crippen molar-refractivity contribution in [1.29, 1.82) is 0 Å². The Labute approximate surface area is 86.9 Å². The standard InChI is InChI=1S/C10H13BrN2/c11-9-7-12-6-4-8(9)10-3-1-2-5-13-10/h4,6-7,10,13H,1-3,5H2. The first-order valence-electron chi connectivity index (χ1n) is 4.71. The van der Waals surface area contributed by atoms with Gasteiger partial charge in [0, 0.05) is 22.9 Å². The van der Waals surface area contributed by atoms with Gasteiger partial charge in [-0.15, -0.1) is 0 Å². The van der Waals surface area contributed by atoms with Crippen molar-refractivity contribution in [1.82, 2.24) is 10.3 Å². The minimum absolute atomic E-state index is 0.520. The van der Waals surface area contributed by atoms with Crippen LogP contribution in [0, 0.1) is 0 Å². The first-order valence-corrected chi connectivity index (χ1v) is 5.50. The molecular formula is C10H13BrN2. The number of pyridine rings is 1. The summed E-state index contributed by atoms with van der Waals surface area (Å²) in [5.74, 6) is 0. The monoisotopic (exact) mass is 240 g/mol. The summed E-state index contributed by atoms with van der Waals surface area (Å²) in [4.78, 5) is 4.07. The fourth-order valence-electron chi connectivity index (χ4n) is 1.79. The van der Waals surface area contributed by atoms with Crippen molar-refractivity contribution in [3.05, 3.63) is 28.5 Å². The Bertz CT molecular complexity index is 282. The van der Waals surface area contributed by atoms with E-state index in [4.69, 9.17) is 0 Å². The lowest BCUT2D eigenvalue weighted by Crippen LogP contribution is -2.27. The van der Waals surface area contributed by atoms with E-state index in [1.54, 1.807) is 0 Å². The van der Waals surface area contributed by atoms with Crippen LogP contribution in [0.2, 0.25) is 0 Å². The molecule has 1 fully saturated rings. The van der Waals surface area contributed by atoms with E-state index >= 15 is 0 Å². The summed E-state index contributed by atoms with van der Waals surface area (Å²) in [5, 5.41) is 3.52. The van der Waals surface area contributed by atoms with Gasteiger partial charge in [-0.25, -0.2) is 0 Å². The molecular weight excluding hydrogens is 228 g/mol. The molecule has 0 amide bonds. The molecule has 0 bridgehead atoms. The van der Waals surface area contributed by atoms with Crippen LogP contribution < -0.4 is 5.32 Å². The van der Waals surface area contributed by atoms with E-state index in [9.17, 15) is 0 Å². The second-order valence-corrected chi connectivity index (χ2v) is 4.25. The zero-order valence-electron chi connectivity index (χ0n) is 7.46. The average molecular weight is 241 g/mol. The molecule has 0 saturated carbocycles. The van der Waals surface area contributed by atoms with Gasteiger partial charge in [0.1, 0.15) is 0 Å². The molecule has 0 spiro atoms. The van der Waals surface area contributed by atoms with Gasteiger partial charge in [0.15, 0.2) is 0 Å². The molecule has 0 aromatic carbocycles. The quantitative estimate of drug-likeness (QED) is 0.817. The van der Waals surface area contributed by atoms with Gasteiger partial charge in [-0.1, -0.05) is 6.42 Å². The maximum absolute atomic E-state index is 4.07. The van der Waals surface area contributed by atoms with Crippen molar-refractivity contribution in [2.45, 2.75) is 25.3 Å². The Morgan fingerprint density at radius 2 is 2.38 bits per heavy atom. The maximum Gasteiger partial charge on any atom is 0.0413 e. The van der Waals surface area contributed by atoms with Crippen molar-refractivity contribution in [2.75, 3.05) is 6.54 Å². The lowest BCUT2D eigenvalue weighted by atomic mass is 9.99. The summed E-state index contributed by atoms with van der Waals surface area (Å²) in [6.07, 6.45) is 7.59. The fourth-order valence-corrected chi connectivity index (χ4v) is 2.31. The number of nitrogens with zero attached hydrogens (tertiary/aromatic N) is 1. The number of aromatic nitrogens is 1. The van der Waals surface area contributed by atoms with E-state index in [-0.39, 0.29) is 0 Å². The summed E-state index contributed by atoms with van der Waals surface area (Å²) in [5.41, 5.74) is 1.34. The van der Waals surface area contributed by atoms with Gasteiger partial charge in [-0.2, -0.15) is 0 Å². The molecule has 0 radical (unpaired) electrons. The van der Waals surface area contributed by atoms with Crippen molar-refractivity contribution < 1.29 is 0 Å². The van der Waals surface area contributed by atoms with E-state index in [0.717, 1.165) is 11.0 Å². The minimum atomic E-state index is 0.520. The Balaban J connectivity index is 2.18. The first-order chi connectivity index (χ1) is 6.38. The van der Waals surface area contributed by atoms with Crippen molar-refractivity contribution >= 4 is 15.9 Å². The molecule has 70 valence electrons. The highest BCUT2D eigenvalue weighted by Crippen LogP contribution is 2.27. The van der Waals surface area contributed by atoms with Gasteiger partial charge < -0.3 is 5.32 Å². The maximum atomic E-state index is 4.07. The number of hydrogen-bond donors (Lipinski definition) is 1. The second kappa shape index (κ2) is 4.20. The molecule has 3 heteroatoms. The van der Waals surface area contributed by atoms with Crippen LogP contribution >= 0.6 is 15.9 Å². The second-order valence-electron chi connectivity index (χ2n) is 3.40. The molecule has 0 aliphatic carbocycles. The van der Waals surface area contributed by atoms with E-state index in [1.165, 1.54) is 24.8 Å². The minimum Gasteiger partial charge on any atom is -0.310 e. The van der Waals surface area contributed by atoms with Crippen LogP contribution in [0.5, 0.6) is 0 Å². The smallest absolute Gasteiger partial charge is 0.0413 e. The highest BCUT2D eigenvalue weighted by molar-refractivity contribution is 9.10. The van der Waals surface area contributed by atoms with Crippen LogP contribution in [-0.2, 0) is 0 Å². The van der Waals surface area contributed by atoms with E-state index < -0.39 is 0 Å². The lowest BCUT2D eigenvalue weighted by Gasteiger charge is -2.24. The predicted molar refractivity (Wildman–Crippen MR) is 56.5 cm³/mol. The van der Waals surface area contributed by atoms with Gasteiger partial charge in [-0.3, -0.25) is 4.98 Å². The van der Waals surface area contributed by atoms with Crippen LogP contribution in [0.3, 0.4) is 0 Å². The zero-order chi connectivity index (χ0) is 9.10. The van der Waals surface area contributed by atoms with Crippen molar-refractivity contribution in [2.24, 2.45) is 0 Å². The fraction of sp³-hybridized carbons (Fsp3) is 0.500. The number of halogens is 1. The molecule has 1 atom stereocenters. The Morgan fingerprint density at radius 3 is 3.08 bits per heavy atom. The molecule has 13 heavy (non-hydrogen) atoms. The molecule has 1 N–H and O–H groups in total. The highest BCUT2D eigenvalue weighted by Gasteiger charge is 2.16. The topological polar surface area (TPSA) is 24.9 Å². The van der Waals surface area contributed by atoms with Gasteiger partial charge in [0.05, 0.1) is 0 Å². The van der Waals surface area contributed by atoms with Gasteiger partial charge in [0.25, 0.3) is 0 Å². The SMILES string of the molecule is Brc1cnccc1C1CCCCN1. The predicted octanol–water partition coefficient (Wildman–Crippen LogP) is 2.66. The molecule has 2 heterocycles. The van der Waals surface area contributed by atoms with Crippen LogP contribution in [-0.4, -0.2) is 11.5 Å². The van der Waals surface area contributed by atoms with E-state index in [1.807, 2.05) is 12.4 Å². The summed E-state index contributed by atoms with van der Waals surface area (Å²) < 4.78 is 1.12. The molecule has 1 unspecified atom stereocenters. The first kappa shape index (κ1) is 9.16. The largest absolute Gasteiger partial charge is 0.310 e. The summed E-state index contributed by atoms with van der Waals surface area (Å²) in [6, 6.07) is 2.61. The van der Waals surface area contributed by atoms with Gasteiger partial charge >= 0.3 is 0 Å². The number of nitrogens with one attached hydrogen (secondary N) is 1.